The SMILES string of the molecule is CC(=O)N1CC[C@H](C(F)(F)F)C[C@@H]1C. The molecule has 0 unspecified atom stereocenters. The van der Waals surface area contributed by atoms with Crippen LogP contribution in [0.2, 0.25) is 0 Å². The van der Waals surface area contributed by atoms with E-state index in [1.54, 1.807) is 6.92 Å². The number of likely N-dealkylation sites (tertiary alicyclic amines) is 1. The Bertz CT molecular complexity index is 227. The van der Waals surface area contributed by atoms with Gasteiger partial charge in [-0.2, -0.15) is 13.2 Å². The first-order chi connectivity index (χ1) is 6.32. The van der Waals surface area contributed by atoms with E-state index in [0.29, 0.717) is 0 Å². The normalized spacial score (nSPS) is 29.1. The molecule has 0 aromatic carbocycles. The Morgan fingerprint density at radius 1 is 1.43 bits per heavy atom. The van der Waals surface area contributed by atoms with Crippen molar-refractivity contribution >= 4 is 5.91 Å². The van der Waals surface area contributed by atoms with E-state index < -0.39 is 12.1 Å². The van der Waals surface area contributed by atoms with E-state index >= 15 is 0 Å². The van der Waals surface area contributed by atoms with Crippen molar-refractivity contribution in [2.24, 2.45) is 5.92 Å². The first-order valence-electron chi connectivity index (χ1n) is 4.66. The zero-order valence-corrected chi connectivity index (χ0v) is 8.27. The van der Waals surface area contributed by atoms with Gasteiger partial charge in [0.25, 0.3) is 0 Å². The second kappa shape index (κ2) is 3.79. The largest absolute Gasteiger partial charge is 0.391 e. The van der Waals surface area contributed by atoms with E-state index in [4.69, 9.17) is 0 Å². The van der Waals surface area contributed by atoms with Crippen molar-refractivity contribution in [3.63, 3.8) is 0 Å². The van der Waals surface area contributed by atoms with Gasteiger partial charge in [0.1, 0.15) is 0 Å². The van der Waals surface area contributed by atoms with Gasteiger partial charge < -0.3 is 4.90 Å². The van der Waals surface area contributed by atoms with Gasteiger partial charge in [0.05, 0.1) is 5.92 Å². The summed E-state index contributed by atoms with van der Waals surface area (Å²) in [5, 5.41) is 0. The van der Waals surface area contributed by atoms with Crippen LogP contribution in [0.4, 0.5) is 13.2 Å². The Balaban J connectivity index is 2.60. The van der Waals surface area contributed by atoms with Crippen molar-refractivity contribution in [3.8, 4) is 0 Å². The van der Waals surface area contributed by atoms with Gasteiger partial charge in [-0.1, -0.05) is 0 Å². The summed E-state index contributed by atoms with van der Waals surface area (Å²) in [5.41, 5.74) is 0. The number of piperidine rings is 1. The zero-order chi connectivity index (χ0) is 10.9. The summed E-state index contributed by atoms with van der Waals surface area (Å²) < 4.78 is 37.0. The molecule has 0 N–H and O–H groups in total. The Morgan fingerprint density at radius 2 is 2.00 bits per heavy atom. The molecule has 1 aliphatic heterocycles. The molecule has 0 aliphatic carbocycles. The van der Waals surface area contributed by atoms with Crippen molar-refractivity contribution in [3.05, 3.63) is 0 Å². The molecule has 2 atom stereocenters. The van der Waals surface area contributed by atoms with Crippen molar-refractivity contribution in [2.75, 3.05) is 6.54 Å². The number of nitrogens with zero attached hydrogens (tertiary/aromatic N) is 1. The lowest BCUT2D eigenvalue weighted by Crippen LogP contribution is -2.46. The maximum atomic E-state index is 12.3. The zero-order valence-electron chi connectivity index (χ0n) is 8.27. The van der Waals surface area contributed by atoms with Gasteiger partial charge in [0, 0.05) is 19.5 Å². The monoisotopic (exact) mass is 209 g/mol. The van der Waals surface area contributed by atoms with Gasteiger partial charge in [-0.15, -0.1) is 0 Å². The van der Waals surface area contributed by atoms with Crippen LogP contribution in [0, 0.1) is 5.92 Å². The molecular formula is C9H14F3NO. The Labute approximate surface area is 81.1 Å². The summed E-state index contributed by atoms with van der Waals surface area (Å²) >= 11 is 0. The molecular weight excluding hydrogens is 195 g/mol. The molecule has 2 nitrogen and oxygen atoms in total. The second-order valence-corrected chi connectivity index (χ2v) is 3.82. The third-order valence-corrected chi connectivity index (χ3v) is 2.74. The van der Waals surface area contributed by atoms with Crippen LogP contribution in [0.3, 0.4) is 0 Å². The van der Waals surface area contributed by atoms with Crippen LogP contribution in [-0.2, 0) is 4.79 Å². The van der Waals surface area contributed by atoms with E-state index in [-0.39, 0.29) is 31.3 Å². The third kappa shape index (κ3) is 2.39. The second-order valence-electron chi connectivity index (χ2n) is 3.82. The molecule has 0 aromatic rings. The highest BCUT2D eigenvalue weighted by atomic mass is 19.4. The number of amides is 1. The summed E-state index contributed by atoms with van der Waals surface area (Å²) in [6, 6.07) is -0.298. The molecule has 5 heteroatoms. The van der Waals surface area contributed by atoms with E-state index in [2.05, 4.69) is 0 Å². The number of rotatable bonds is 0. The maximum Gasteiger partial charge on any atom is 0.391 e. The van der Waals surface area contributed by atoms with Crippen LogP contribution in [0.25, 0.3) is 0 Å². The van der Waals surface area contributed by atoms with Crippen LogP contribution in [0.15, 0.2) is 0 Å². The Kier molecular flexibility index (Phi) is 3.07. The minimum absolute atomic E-state index is 0.0308. The molecule has 1 amide bonds. The highest BCUT2D eigenvalue weighted by Gasteiger charge is 2.43. The van der Waals surface area contributed by atoms with E-state index in [0.717, 1.165) is 0 Å². The lowest BCUT2D eigenvalue weighted by Gasteiger charge is -2.37. The van der Waals surface area contributed by atoms with Crippen LogP contribution in [0.1, 0.15) is 26.7 Å². The number of halogens is 3. The molecule has 1 aliphatic rings. The molecule has 14 heavy (non-hydrogen) atoms. The van der Waals surface area contributed by atoms with Crippen molar-refractivity contribution in [1.29, 1.82) is 0 Å². The molecule has 0 aromatic heterocycles. The van der Waals surface area contributed by atoms with Crippen molar-refractivity contribution < 1.29 is 18.0 Å². The maximum absolute atomic E-state index is 12.3. The highest BCUT2D eigenvalue weighted by molar-refractivity contribution is 5.73. The fourth-order valence-electron chi connectivity index (χ4n) is 1.94. The molecule has 0 radical (unpaired) electrons. The smallest absolute Gasteiger partial charge is 0.340 e. The Morgan fingerprint density at radius 3 is 2.36 bits per heavy atom. The lowest BCUT2D eigenvalue weighted by molar-refractivity contribution is -0.190. The molecule has 0 bridgehead atoms. The molecule has 82 valence electrons. The first kappa shape index (κ1) is 11.3. The van der Waals surface area contributed by atoms with Crippen LogP contribution in [-0.4, -0.2) is 29.6 Å². The summed E-state index contributed by atoms with van der Waals surface area (Å²) in [5.74, 6) is -1.38. The minimum Gasteiger partial charge on any atom is -0.340 e. The average molecular weight is 209 g/mol. The lowest BCUT2D eigenvalue weighted by atomic mass is 9.91. The van der Waals surface area contributed by atoms with Gasteiger partial charge in [-0.25, -0.2) is 0 Å². The number of hydrogen-bond donors (Lipinski definition) is 0. The van der Waals surface area contributed by atoms with Crippen LogP contribution >= 0.6 is 0 Å². The molecule has 0 saturated carbocycles. The standard InChI is InChI=1S/C9H14F3NO/c1-6-5-8(9(10,11)12)3-4-13(6)7(2)14/h6,8H,3-5H2,1-2H3/t6-,8-/m0/s1. The summed E-state index contributed by atoms with van der Waals surface area (Å²) in [6.45, 7) is 3.28. The van der Waals surface area contributed by atoms with E-state index in [1.807, 2.05) is 0 Å². The molecule has 1 saturated heterocycles. The molecule has 1 rings (SSSR count). The van der Waals surface area contributed by atoms with Crippen molar-refractivity contribution in [1.82, 2.24) is 4.90 Å². The van der Waals surface area contributed by atoms with Crippen LogP contribution < -0.4 is 0 Å². The van der Waals surface area contributed by atoms with Gasteiger partial charge >= 0.3 is 6.18 Å². The van der Waals surface area contributed by atoms with Gasteiger partial charge in [0.15, 0.2) is 0 Å². The van der Waals surface area contributed by atoms with E-state index in [1.165, 1.54) is 11.8 Å². The first-order valence-corrected chi connectivity index (χ1v) is 4.66. The Hall–Kier alpha value is -0.740. The minimum atomic E-state index is -4.11. The molecule has 1 fully saturated rings. The summed E-state index contributed by atoms with van der Waals surface area (Å²) in [6.07, 6.45) is -4.05. The number of alkyl halides is 3. The third-order valence-electron chi connectivity index (χ3n) is 2.74. The summed E-state index contributed by atoms with van der Waals surface area (Å²) in [7, 11) is 0. The summed E-state index contributed by atoms with van der Waals surface area (Å²) in [4.78, 5) is 12.5. The molecule has 1 heterocycles. The number of carbonyl (C=O) groups is 1. The number of hydrogen-bond acceptors (Lipinski definition) is 1. The number of carbonyl (C=O) groups excluding carboxylic acids is 1. The van der Waals surface area contributed by atoms with Gasteiger partial charge in [0.2, 0.25) is 5.91 Å². The molecule has 0 spiro atoms. The van der Waals surface area contributed by atoms with E-state index in [9.17, 15) is 18.0 Å². The fraction of sp³-hybridized carbons (Fsp3) is 0.889. The quantitative estimate of drug-likeness (QED) is 0.599. The fourth-order valence-corrected chi connectivity index (χ4v) is 1.94. The predicted molar refractivity (Wildman–Crippen MR) is 45.6 cm³/mol. The predicted octanol–water partition coefficient (Wildman–Crippen LogP) is 2.20. The van der Waals surface area contributed by atoms with Crippen LogP contribution in [0.5, 0.6) is 0 Å². The average Bonchev–Trinajstić information content (AvgIpc) is 2.01. The van der Waals surface area contributed by atoms with Crippen molar-refractivity contribution in [2.45, 2.75) is 38.9 Å². The van der Waals surface area contributed by atoms with Gasteiger partial charge in [-0.3, -0.25) is 4.79 Å². The highest BCUT2D eigenvalue weighted by Crippen LogP contribution is 2.36. The topological polar surface area (TPSA) is 20.3 Å². The van der Waals surface area contributed by atoms with Gasteiger partial charge in [-0.05, 0) is 19.8 Å².